The van der Waals surface area contributed by atoms with Crippen molar-refractivity contribution in [3.63, 3.8) is 0 Å². The Balaban J connectivity index is 1.47. The number of rotatable bonds is 6. The molecule has 0 bridgehead atoms. The van der Waals surface area contributed by atoms with E-state index in [0.29, 0.717) is 12.8 Å². The van der Waals surface area contributed by atoms with Crippen molar-refractivity contribution in [1.29, 1.82) is 0 Å². The van der Waals surface area contributed by atoms with E-state index in [4.69, 9.17) is 9.47 Å². The van der Waals surface area contributed by atoms with Gasteiger partial charge in [0.05, 0.1) is 26.7 Å². The normalized spacial score (nSPS) is 18.7. The molecule has 0 unspecified atom stereocenters. The van der Waals surface area contributed by atoms with E-state index >= 15 is 0 Å². The van der Waals surface area contributed by atoms with Crippen LogP contribution in [0.5, 0.6) is 11.5 Å². The van der Waals surface area contributed by atoms with Gasteiger partial charge in [-0.15, -0.1) is 0 Å². The quantitative estimate of drug-likeness (QED) is 0.731. The number of amides is 2. The van der Waals surface area contributed by atoms with Crippen LogP contribution in [0.1, 0.15) is 42.9 Å². The van der Waals surface area contributed by atoms with E-state index in [1.54, 1.807) is 14.2 Å². The van der Waals surface area contributed by atoms with Crippen LogP contribution in [0, 0.1) is 0 Å². The predicted octanol–water partition coefficient (Wildman–Crippen LogP) is 3.74. The second-order valence-corrected chi connectivity index (χ2v) is 7.85. The SMILES string of the molecule is COc1ccc([C@H]2CCCN2C(=O)Cc2ccc(N3CCCC3=O)cc2)c(OC)c1. The lowest BCUT2D eigenvalue weighted by Crippen LogP contribution is -2.32. The van der Waals surface area contributed by atoms with Crippen molar-refractivity contribution in [3.05, 3.63) is 53.6 Å². The van der Waals surface area contributed by atoms with Crippen LogP contribution < -0.4 is 14.4 Å². The molecule has 0 N–H and O–H groups in total. The van der Waals surface area contributed by atoms with Gasteiger partial charge >= 0.3 is 0 Å². The summed E-state index contributed by atoms with van der Waals surface area (Å²) in [6.45, 7) is 1.52. The van der Waals surface area contributed by atoms with Gasteiger partial charge in [0.2, 0.25) is 11.8 Å². The van der Waals surface area contributed by atoms with E-state index in [1.165, 1.54) is 0 Å². The molecular weight excluding hydrogens is 380 g/mol. The number of nitrogens with zero attached hydrogens (tertiary/aromatic N) is 2. The average molecular weight is 408 g/mol. The first kappa shape index (κ1) is 20.3. The maximum Gasteiger partial charge on any atom is 0.227 e. The van der Waals surface area contributed by atoms with Crippen LogP contribution in [0.25, 0.3) is 0 Å². The smallest absolute Gasteiger partial charge is 0.227 e. The number of methoxy groups -OCH3 is 2. The molecule has 2 aromatic rings. The monoisotopic (exact) mass is 408 g/mol. The van der Waals surface area contributed by atoms with Crippen molar-refractivity contribution in [2.75, 3.05) is 32.2 Å². The molecule has 4 rings (SSSR count). The summed E-state index contributed by atoms with van der Waals surface area (Å²) in [6.07, 6.45) is 3.77. The molecule has 2 saturated heterocycles. The van der Waals surface area contributed by atoms with E-state index < -0.39 is 0 Å². The third kappa shape index (κ3) is 3.99. The highest BCUT2D eigenvalue weighted by Gasteiger charge is 2.32. The molecule has 0 saturated carbocycles. The molecular formula is C24H28N2O4. The lowest BCUT2D eigenvalue weighted by Gasteiger charge is -2.27. The van der Waals surface area contributed by atoms with Crippen LogP contribution in [0.2, 0.25) is 0 Å². The molecule has 2 aromatic carbocycles. The molecule has 30 heavy (non-hydrogen) atoms. The number of likely N-dealkylation sites (tertiary alicyclic amines) is 1. The molecule has 2 amide bonds. The van der Waals surface area contributed by atoms with Crippen LogP contribution in [0.4, 0.5) is 5.69 Å². The predicted molar refractivity (Wildman–Crippen MR) is 115 cm³/mol. The minimum Gasteiger partial charge on any atom is -0.497 e. The molecule has 6 heteroatoms. The summed E-state index contributed by atoms with van der Waals surface area (Å²) >= 11 is 0. The largest absolute Gasteiger partial charge is 0.497 e. The summed E-state index contributed by atoms with van der Waals surface area (Å²) in [5.41, 5.74) is 2.89. The summed E-state index contributed by atoms with van der Waals surface area (Å²) in [5.74, 6) is 1.77. The Morgan fingerprint density at radius 1 is 1.03 bits per heavy atom. The van der Waals surface area contributed by atoms with Gasteiger partial charge in [0.15, 0.2) is 0 Å². The van der Waals surface area contributed by atoms with Gasteiger partial charge in [-0.1, -0.05) is 12.1 Å². The van der Waals surface area contributed by atoms with Crippen LogP contribution >= 0.6 is 0 Å². The minimum atomic E-state index is 0.0138. The van der Waals surface area contributed by atoms with Gasteiger partial charge in [0, 0.05) is 36.8 Å². The number of benzene rings is 2. The zero-order chi connectivity index (χ0) is 21.1. The standard InChI is InChI=1S/C24H28N2O4/c1-29-19-11-12-20(22(16-19)30-2)21-5-3-14-26(21)24(28)15-17-7-9-18(10-8-17)25-13-4-6-23(25)27/h7-12,16,21H,3-6,13-15H2,1-2H3/t21-/m1/s1. The second kappa shape index (κ2) is 8.78. The molecule has 6 nitrogen and oxygen atoms in total. The summed E-state index contributed by atoms with van der Waals surface area (Å²) in [7, 11) is 3.27. The molecule has 2 aliphatic heterocycles. The number of carbonyl (C=O) groups is 2. The van der Waals surface area contributed by atoms with Gasteiger partial charge in [-0.2, -0.15) is 0 Å². The number of carbonyl (C=O) groups excluding carboxylic acids is 2. The Labute approximate surface area is 177 Å². The van der Waals surface area contributed by atoms with Gasteiger partial charge in [-0.3, -0.25) is 9.59 Å². The van der Waals surface area contributed by atoms with Gasteiger partial charge in [0.25, 0.3) is 0 Å². The summed E-state index contributed by atoms with van der Waals surface area (Å²) in [5, 5.41) is 0. The number of anilines is 1. The summed E-state index contributed by atoms with van der Waals surface area (Å²) in [6, 6.07) is 13.6. The Morgan fingerprint density at radius 2 is 1.83 bits per heavy atom. The second-order valence-electron chi connectivity index (χ2n) is 7.85. The van der Waals surface area contributed by atoms with Crippen molar-refractivity contribution >= 4 is 17.5 Å². The Bertz CT molecular complexity index is 925. The Kier molecular flexibility index (Phi) is 5.93. The zero-order valence-corrected chi connectivity index (χ0v) is 17.6. The first-order valence-electron chi connectivity index (χ1n) is 10.5. The van der Waals surface area contributed by atoms with E-state index in [1.807, 2.05) is 52.3 Å². The van der Waals surface area contributed by atoms with Gasteiger partial charge in [-0.05, 0) is 49.1 Å². The highest BCUT2D eigenvalue weighted by atomic mass is 16.5. The molecule has 1 atom stereocenters. The van der Waals surface area contributed by atoms with Crippen LogP contribution in [-0.2, 0) is 16.0 Å². The van der Waals surface area contributed by atoms with E-state index in [-0.39, 0.29) is 17.9 Å². The summed E-state index contributed by atoms with van der Waals surface area (Å²) in [4.78, 5) is 28.8. The number of hydrogen-bond acceptors (Lipinski definition) is 4. The van der Waals surface area contributed by atoms with Crippen molar-refractivity contribution in [2.24, 2.45) is 0 Å². The van der Waals surface area contributed by atoms with Gasteiger partial charge in [0.1, 0.15) is 11.5 Å². The zero-order valence-electron chi connectivity index (χ0n) is 17.6. The third-order valence-corrected chi connectivity index (χ3v) is 6.05. The number of ether oxygens (including phenoxy) is 2. The minimum absolute atomic E-state index is 0.0138. The van der Waals surface area contributed by atoms with E-state index in [2.05, 4.69) is 0 Å². The highest BCUT2D eigenvalue weighted by Crippen LogP contribution is 2.39. The molecule has 158 valence electrons. The molecule has 0 spiro atoms. The molecule has 2 fully saturated rings. The fraction of sp³-hybridized carbons (Fsp3) is 0.417. The maximum atomic E-state index is 13.1. The third-order valence-electron chi connectivity index (χ3n) is 6.05. The van der Waals surface area contributed by atoms with Crippen molar-refractivity contribution in [1.82, 2.24) is 4.90 Å². The van der Waals surface area contributed by atoms with Crippen molar-refractivity contribution < 1.29 is 19.1 Å². The Hall–Kier alpha value is -3.02. The molecule has 0 aliphatic carbocycles. The fourth-order valence-corrected chi connectivity index (χ4v) is 4.47. The number of hydrogen-bond donors (Lipinski definition) is 0. The first-order chi connectivity index (χ1) is 14.6. The van der Waals surface area contributed by atoms with Gasteiger partial charge in [-0.25, -0.2) is 0 Å². The van der Waals surface area contributed by atoms with Crippen molar-refractivity contribution in [2.45, 2.75) is 38.1 Å². The fourth-order valence-electron chi connectivity index (χ4n) is 4.47. The topological polar surface area (TPSA) is 59.1 Å². The average Bonchev–Trinajstić information content (AvgIpc) is 3.43. The molecule has 0 aromatic heterocycles. The lowest BCUT2D eigenvalue weighted by atomic mass is 10.0. The van der Waals surface area contributed by atoms with Crippen LogP contribution in [0.3, 0.4) is 0 Å². The highest BCUT2D eigenvalue weighted by molar-refractivity contribution is 5.95. The lowest BCUT2D eigenvalue weighted by molar-refractivity contribution is -0.131. The Morgan fingerprint density at radius 3 is 2.50 bits per heavy atom. The molecule has 2 heterocycles. The van der Waals surface area contributed by atoms with Crippen LogP contribution in [0.15, 0.2) is 42.5 Å². The summed E-state index contributed by atoms with van der Waals surface area (Å²) < 4.78 is 10.9. The van der Waals surface area contributed by atoms with Crippen molar-refractivity contribution in [3.8, 4) is 11.5 Å². The molecule has 2 aliphatic rings. The van der Waals surface area contributed by atoms with Crippen LogP contribution in [-0.4, -0.2) is 44.0 Å². The first-order valence-corrected chi connectivity index (χ1v) is 10.5. The molecule has 0 radical (unpaired) electrons. The van der Waals surface area contributed by atoms with Gasteiger partial charge < -0.3 is 19.3 Å². The maximum absolute atomic E-state index is 13.1. The van der Waals surface area contributed by atoms with E-state index in [0.717, 1.165) is 60.7 Å². The van der Waals surface area contributed by atoms with E-state index in [9.17, 15) is 9.59 Å².